The lowest BCUT2D eigenvalue weighted by molar-refractivity contribution is 0.103. The van der Waals surface area contributed by atoms with Crippen LogP contribution in [0.15, 0.2) is 72.8 Å². The second-order valence-corrected chi connectivity index (χ2v) is 8.47. The van der Waals surface area contributed by atoms with Crippen LogP contribution in [0.4, 0.5) is 0 Å². The van der Waals surface area contributed by atoms with Crippen LogP contribution < -0.4 is 0 Å². The Morgan fingerprint density at radius 3 is 1.37 bits per heavy atom. The van der Waals surface area contributed by atoms with Gasteiger partial charge in [-0.2, -0.15) is 0 Å². The third-order valence-electron chi connectivity index (χ3n) is 5.23. The zero-order chi connectivity index (χ0) is 18.6. The fraction of sp³-hybridized carbons (Fsp3) is 0.0455. The normalized spacial score (nSPS) is 15.0. The summed E-state index contributed by atoms with van der Waals surface area (Å²) in [6, 6.07) is 23.1. The largest absolute Gasteiger partial charge is 0.328 e. The number of rotatable bonds is 2. The quantitative estimate of drug-likeness (QED) is 0.317. The SMILES string of the molecule is O=C1c2cc3ccccc3cc2C(SO)(SO)c2cc3ccccc3cc21. The lowest BCUT2D eigenvalue weighted by atomic mass is 9.81. The number of ketones is 1. The Morgan fingerprint density at radius 2 is 1.00 bits per heavy atom. The molecule has 27 heavy (non-hydrogen) atoms. The first-order valence-electron chi connectivity index (χ1n) is 8.44. The monoisotopic (exact) mass is 390 g/mol. The maximum Gasteiger partial charge on any atom is 0.193 e. The molecule has 0 saturated heterocycles. The zero-order valence-electron chi connectivity index (χ0n) is 14.0. The van der Waals surface area contributed by atoms with Gasteiger partial charge in [-0.05, 0) is 56.9 Å². The van der Waals surface area contributed by atoms with Gasteiger partial charge in [0.2, 0.25) is 0 Å². The van der Waals surface area contributed by atoms with Gasteiger partial charge in [-0.15, -0.1) is 0 Å². The van der Waals surface area contributed by atoms with Gasteiger partial charge in [-0.1, -0.05) is 48.5 Å². The molecule has 1 aliphatic carbocycles. The fourth-order valence-electron chi connectivity index (χ4n) is 3.90. The summed E-state index contributed by atoms with van der Waals surface area (Å²) >= 11 is 1.12. The van der Waals surface area contributed by atoms with Crippen molar-refractivity contribution in [3.63, 3.8) is 0 Å². The highest BCUT2D eigenvalue weighted by atomic mass is 32.2. The van der Waals surface area contributed by atoms with Crippen LogP contribution in [-0.4, -0.2) is 14.9 Å². The Hall–Kier alpha value is -2.31. The Kier molecular flexibility index (Phi) is 3.81. The van der Waals surface area contributed by atoms with Crippen molar-refractivity contribution in [3.05, 3.63) is 95.1 Å². The minimum absolute atomic E-state index is 0.0877. The molecule has 5 rings (SSSR count). The molecule has 0 heterocycles. The van der Waals surface area contributed by atoms with Crippen molar-refractivity contribution in [2.75, 3.05) is 0 Å². The molecule has 5 heteroatoms. The van der Waals surface area contributed by atoms with Crippen molar-refractivity contribution >= 4 is 51.4 Å². The molecule has 0 atom stereocenters. The molecule has 3 nitrogen and oxygen atoms in total. The molecule has 0 unspecified atom stereocenters. The second-order valence-electron chi connectivity index (χ2n) is 6.62. The zero-order valence-corrected chi connectivity index (χ0v) is 15.7. The van der Waals surface area contributed by atoms with Crippen LogP contribution in [0, 0.1) is 0 Å². The van der Waals surface area contributed by atoms with Crippen LogP contribution in [0.5, 0.6) is 0 Å². The first-order valence-corrected chi connectivity index (χ1v) is 9.99. The smallest absolute Gasteiger partial charge is 0.193 e. The van der Waals surface area contributed by atoms with Gasteiger partial charge in [0.05, 0.1) is 0 Å². The molecule has 4 aromatic carbocycles. The van der Waals surface area contributed by atoms with Crippen molar-refractivity contribution < 1.29 is 13.9 Å². The van der Waals surface area contributed by atoms with Crippen LogP contribution in [0.3, 0.4) is 0 Å². The Balaban J connectivity index is 1.91. The first-order chi connectivity index (χ1) is 13.2. The molecule has 1 aliphatic rings. The number of fused-ring (bicyclic) bond motifs is 4. The van der Waals surface area contributed by atoms with Gasteiger partial charge in [0.25, 0.3) is 0 Å². The molecule has 0 saturated carbocycles. The minimum Gasteiger partial charge on any atom is -0.328 e. The van der Waals surface area contributed by atoms with Crippen molar-refractivity contribution in [1.82, 2.24) is 0 Å². The van der Waals surface area contributed by atoms with Crippen LogP contribution in [0.1, 0.15) is 27.0 Å². The summed E-state index contributed by atoms with van der Waals surface area (Å²) in [5.74, 6) is -0.0877. The lowest BCUT2D eigenvalue weighted by Crippen LogP contribution is -2.30. The van der Waals surface area contributed by atoms with E-state index >= 15 is 0 Å². The van der Waals surface area contributed by atoms with Gasteiger partial charge < -0.3 is 9.11 Å². The average molecular weight is 390 g/mol. The highest BCUT2D eigenvalue weighted by molar-refractivity contribution is 8.12. The van der Waals surface area contributed by atoms with Gasteiger partial charge in [-0.3, -0.25) is 4.79 Å². The maximum atomic E-state index is 13.3. The predicted molar refractivity (Wildman–Crippen MR) is 113 cm³/mol. The highest BCUT2D eigenvalue weighted by Gasteiger charge is 2.46. The Bertz CT molecular complexity index is 1140. The van der Waals surface area contributed by atoms with E-state index in [4.69, 9.17) is 0 Å². The highest BCUT2D eigenvalue weighted by Crippen LogP contribution is 2.55. The summed E-state index contributed by atoms with van der Waals surface area (Å²) in [4.78, 5) is 13.3. The van der Waals surface area contributed by atoms with Crippen LogP contribution in [-0.2, 0) is 4.08 Å². The van der Waals surface area contributed by atoms with Crippen LogP contribution >= 0.6 is 24.1 Å². The summed E-state index contributed by atoms with van der Waals surface area (Å²) < 4.78 is 19.4. The maximum absolute atomic E-state index is 13.3. The number of benzene rings is 4. The van der Waals surface area contributed by atoms with Crippen molar-refractivity contribution in [2.24, 2.45) is 0 Å². The second kappa shape index (κ2) is 6.11. The van der Waals surface area contributed by atoms with E-state index in [-0.39, 0.29) is 5.78 Å². The first kappa shape index (κ1) is 16.8. The Morgan fingerprint density at radius 1 is 0.630 bits per heavy atom. The number of hydrogen-bond acceptors (Lipinski definition) is 5. The lowest BCUT2D eigenvalue weighted by Gasteiger charge is -2.35. The summed E-state index contributed by atoms with van der Waals surface area (Å²) in [6.45, 7) is 0. The van der Waals surface area contributed by atoms with E-state index < -0.39 is 4.08 Å². The molecule has 0 bridgehead atoms. The average Bonchev–Trinajstić information content (AvgIpc) is 2.73. The number of carbonyl (C=O) groups excluding carboxylic acids is 1. The van der Waals surface area contributed by atoms with Gasteiger partial charge in [-0.25, -0.2) is 0 Å². The van der Waals surface area contributed by atoms with Crippen molar-refractivity contribution in [1.29, 1.82) is 0 Å². The molecule has 132 valence electrons. The molecule has 0 aliphatic heterocycles. The van der Waals surface area contributed by atoms with E-state index in [1.807, 2.05) is 72.8 Å². The molecule has 0 radical (unpaired) electrons. The standard InChI is InChI=1S/C22H14O3S2/c23-21-17-9-13-5-1-3-7-15(13)11-19(17)22(26-24,27-25)20-12-16-8-4-2-6-14(16)10-18(20)21/h1-12,24-25H. The molecule has 4 aromatic rings. The minimum atomic E-state index is -1.17. The van der Waals surface area contributed by atoms with Gasteiger partial charge in [0.15, 0.2) is 9.86 Å². The third-order valence-corrected chi connectivity index (χ3v) is 7.07. The van der Waals surface area contributed by atoms with Crippen LogP contribution in [0.2, 0.25) is 0 Å². The molecule has 0 fully saturated rings. The van der Waals surface area contributed by atoms with E-state index in [0.29, 0.717) is 46.3 Å². The van der Waals surface area contributed by atoms with Gasteiger partial charge in [0, 0.05) is 35.2 Å². The number of hydrogen-bond donors (Lipinski definition) is 2. The molecule has 0 amide bonds. The third kappa shape index (κ3) is 2.29. The molecule has 0 spiro atoms. The summed E-state index contributed by atoms with van der Waals surface area (Å²) in [5, 5.41) is 3.82. The van der Waals surface area contributed by atoms with E-state index in [1.165, 1.54) is 0 Å². The molecular weight excluding hydrogens is 376 g/mol. The molecule has 2 N–H and O–H groups in total. The van der Waals surface area contributed by atoms with E-state index in [1.54, 1.807) is 0 Å². The van der Waals surface area contributed by atoms with Crippen LogP contribution in [0.25, 0.3) is 21.5 Å². The molecule has 0 aromatic heterocycles. The topological polar surface area (TPSA) is 57.5 Å². The van der Waals surface area contributed by atoms with E-state index in [2.05, 4.69) is 0 Å². The fourth-order valence-corrected chi connectivity index (χ4v) is 5.11. The van der Waals surface area contributed by atoms with E-state index in [9.17, 15) is 13.9 Å². The summed E-state index contributed by atoms with van der Waals surface area (Å²) in [6.07, 6.45) is 0. The van der Waals surface area contributed by atoms with E-state index in [0.717, 1.165) is 21.5 Å². The van der Waals surface area contributed by atoms with Gasteiger partial charge in [0.1, 0.15) is 0 Å². The van der Waals surface area contributed by atoms with Crippen molar-refractivity contribution in [2.45, 2.75) is 4.08 Å². The molecular formula is C22H14O3S2. The summed E-state index contributed by atoms with van der Waals surface area (Å²) in [7, 11) is 0. The van der Waals surface area contributed by atoms with Crippen molar-refractivity contribution in [3.8, 4) is 0 Å². The number of carbonyl (C=O) groups is 1. The Labute approximate surface area is 164 Å². The summed E-state index contributed by atoms with van der Waals surface area (Å²) in [5.41, 5.74) is 2.27. The predicted octanol–water partition coefficient (Wildman–Crippen LogP) is 6.15. The van der Waals surface area contributed by atoms with Gasteiger partial charge >= 0.3 is 0 Å².